The highest BCUT2D eigenvalue weighted by Gasteiger charge is 2.42. The van der Waals surface area contributed by atoms with E-state index >= 15 is 0 Å². The molecule has 0 bridgehead atoms. The molecule has 2 aromatic carbocycles. The molecule has 0 saturated carbocycles. The number of rotatable bonds is 8. The summed E-state index contributed by atoms with van der Waals surface area (Å²) in [5.74, 6) is 0.974. The van der Waals surface area contributed by atoms with Crippen LogP contribution in [0.5, 0.6) is 11.5 Å². The number of amides is 1. The van der Waals surface area contributed by atoms with E-state index in [4.69, 9.17) is 13.9 Å². The van der Waals surface area contributed by atoms with E-state index in [1.165, 1.54) is 0 Å². The van der Waals surface area contributed by atoms with Gasteiger partial charge in [-0.1, -0.05) is 38.1 Å². The Labute approximate surface area is 193 Å². The van der Waals surface area contributed by atoms with Crippen LogP contribution in [0.15, 0.2) is 52.2 Å². The third kappa shape index (κ3) is 3.90. The predicted molar refractivity (Wildman–Crippen MR) is 128 cm³/mol. The van der Waals surface area contributed by atoms with E-state index in [1.54, 1.807) is 24.2 Å². The van der Waals surface area contributed by atoms with Gasteiger partial charge in [0.1, 0.15) is 12.2 Å². The molecule has 2 heterocycles. The minimum absolute atomic E-state index is 0.129. The summed E-state index contributed by atoms with van der Waals surface area (Å²) in [5.41, 5.74) is 3.27. The van der Waals surface area contributed by atoms with Gasteiger partial charge in [-0.15, -0.1) is 0 Å². The van der Waals surface area contributed by atoms with Crippen LogP contribution in [0.2, 0.25) is 0 Å². The summed E-state index contributed by atoms with van der Waals surface area (Å²) in [6, 6.07) is 8.73. The lowest BCUT2D eigenvalue weighted by Crippen LogP contribution is -2.30. The summed E-state index contributed by atoms with van der Waals surface area (Å²) in [6.45, 7) is 10.5. The van der Waals surface area contributed by atoms with Crippen LogP contribution < -0.4 is 14.9 Å². The summed E-state index contributed by atoms with van der Waals surface area (Å²) in [6.07, 6.45) is 3.40. The molecule has 1 atom stereocenters. The minimum Gasteiger partial charge on any atom is -0.493 e. The van der Waals surface area contributed by atoms with Crippen molar-refractivity contribution in [3.05, 3.63) is 81.2 Å². The maximum absolute atomic E-state index is 13.8. The van der Waals surface area contributed by atoms with Crippen LogP contribution in [0.3, 0.4) is 0 Å². The monoisotopic (exact) mass is 447 g/mol. The maximum atomic E-state index is 13.8. The molecule has 0 fully saturated rings. The van der Waals surface area contributed by atoms with Crippen molar-refractivity contribution in [1.82, 2.24) is 4.90 Å². The normalized spacial score (nSPS) is 15.1. The highest BCUT2D eigenvalue weighted by Crippen LogP contribution is 2.41. The van der Waals surface area contributed by atoms with Crippen LogP contribution in [0.4, 0.5) is 0 Å². The standard InChI is InChI=1S/C27H29NO5/c1-6-8-11-28-24(18-9-10-19(32-12-7-2)20(15-18)31-5)23-25(29)22-17(4)13-16(3)14-21(22)33-26(23)27(28)30/h7,9-10,13-15,24H,2,6,8,11-12H2,1,3-5H3. The smallest absolute Gasteiger partial charge is 0.290 e. The molecule has 0 N–H and O–H groups in total. The second-order valence-corrected chi connectivity index (χ2v) is 8.39. The van der Waals surface area contributed by atoms with Crippen molar-refractivity contribution in [2.45, 2.75) is 39.7 Å². The number of unbranched alkanes of at least 4 members (excludes halogenated alkanes) is 1. The van der Waals surface area contributed by atoms with Gasteiger partial charge in [0.15, 0.2) is 16.9 Å². The summed E-state index contributed by atoms with van der Waals surface area (Å²) >= 11 is 0. The molecule has 4 rings (SSSR count). The summed E-state index contributed by atoms with van der Waals surface area (Å²) < 4.78 is 17.3. The number of hydrogen-bond donors (Lipinski definition) is 0. The number of carbonyl (C=O) groups excluding carboxylic acids is 1. The van der Waals surface area contributed by atoms with Crippen LogP contribution in [-0.4, -0.2) is 31.1 Å². The number of methoxy groups -OCH3 is 1. The predicted octanol–water partition coefficient (Wildman–Crippen LogP) is 5.33. The number of aryl methyl sites for hydroxylation is 2. The molecule has 1 aliphatic rings. The van der Waals surface area contributed by atoms with Gasteiger partial charge in [-0.3, -0.25) is 9.59 Å². The van der Waals surface area contributed by atoms with Crippen LogP contribution >= 0.6 is 0 Å². The van der Waals surface area contributed by atoms with Gasteiger partial charge in [0.05, 0.1) is 24.1 Å². The van der Waals surface area contributed by atoms with Gasteiger partial charge in [-0.2, -0.15) is 0 Å². The average molecular weight is 448 g/mol. The van der Waals surface area contributed by atoms with Crippen LogP contribution in [-0.2, 0) is 0 Å². The summed E-state index contributed by atoms with van der Waals surface area (Å²) in [7, 11) is 1.57. The second-order valence-electron chi connectivity index (χ2n) is 8.39. The average Bonchev–Trinajstić information content (AvgIpc) is 3.07. The van der Waals surface area contributed by atoms with E-state index in [9.17, 15) is 9.59 Å². The third-order valence-corrected chi connectivity index (χ3v) is 6.02. The van der Waals surface area contributed by atoms with E-state index < -0.39 is 6.04 Å². The largest absolute Gasteiger partial charge is 0.493 e. The quantitative estimate of drug-likeness (QED) is 0.437. The highest BCUT2D eigenvalue weighted by molar-refractivity contribution is 5.99. The Kier molecular flexibility index (Phi) is 6.27. The molecule has 1 unspecified atom stereocenters. The summed E-state index contributed by atoms with van der Waals surface area (Å²) in [4.78, 5) is 28.9. The molecular formula is C27H29NO5. The first-order chi connectivity index (χ1) is 15.9. The molecule has 3 aromatic rings. The number of benzene rings is 2. The molecule has 0 aliphatic carbocycles. The number of carbonyl (C=O) groups is 1. The van der Waals surface area contributed by atoms with Gasteiger partial charge in [-0.25, -0.2) is 0 Å². The minimum atomic E-state index is -0.553. The Bertz CT molecular complexity index is 1290. The second kappa shape index (κ2) is 9.14. The lowest BCUT2D eigenvalue weighted by Gasteiger charge is -2.25. The van der Waals surface area contributed by atoms with Crippen molar-refractivity contribution in [2.75, 3.05) is 20.3 Å². The van der Waals surface area contributed by atoms with Crippen molar-refractivity contribution in [2.24, 2.45) is 0 Å². The van der Waals surface area contributed by atoms with Crippen LogP contribution in [0, 0.1) is 13.8 Å². The first-order valence-electron chi connectivity index (χ1n) is 11.2. The zero-order valence-electron chi connectivity index (χ0n) is 19.6. The third-order valence-electron chi connectivity index (χ3n) is 6.02. The fraction of sp³-hybridized carbons (Fsp3) is 0.333. The number of ether oxygens (including phenoxy) is 2. The Hall–Kier alpha value is -3.54. The Balaban J connectivity index is 1.93. The lowest BCUT2D eigenvalue weighted by molar-refractivity contribution is 0.0725. The SMILES string of the molecule is C=CCOc1ccc(C2c3c(oc4cc(C)cc(C)c4c3=O)C(=O)N2CCCC)cc1OC. The molecule has 6 heteroatoms. The first kappa shape index (κ1) is 22.6. The van der Waals surface area contributed by atoms with E-state index in [-0.39, 0.29) is 17.1 Å². The van der Waals surface area contributed by atoms with Crippen molar-refractivity contribution < 1.29 is 18.7 Å². The summed E-state index contributed by atoms with van der Waals surface area (Å²) in [5, 5.41) is 0.521. The fourth-order valence-electron chi connectivity index (χ4n) is 4.54. The van der Waals surface area contributed by atoms with Crippen molar-refractivity contribution in [3.8, 4) is 11.5 Å². The molecule has 33 heavy (non-hydrogen) atoms. The molecule has 6 nitrogen and oxygen atoms in total. The fourth-order valence-corrected chi connectivity index (χ4v) is 4.54. The van der Waals surface area contributed by atoms with Gasteiger partial charge in [0, 0.05) is 6.54 Å². The number of fused-ring (bicyclic) bond motifs is 2. The van der Waals surface area contributed by atoms with Gasteiger partial charge >= 0.3 is 0 Å². The zero-order chi connectivity index (χ0) is 23.7. The van der Waals surface area contributed by atoms with Gasteiger partial charge < -0.3 is 18.8 Å². The Morgan fingerprint density at radius 2 is 1.94 bits per heavy atom. The highest BCUT2D eigenvalue weighted by atomic mass is 16.5. The van der Waals surface area contributed by atoms with E-state index in [2.05, 4.69) is 13.5 Å². The topological polar surface area (TPSA) is 69.0 Å². The van der Waals surface area contributed by atoms with E-state index in [0.717, 1.165) is 29.5 Å². The van der Waals surface area contributed by atoms with E-state index in [1.807, 2.05) is 38.1 Å². The molecule has 0 spiro atoms. The molecule has 0 radical (unpaired) electrons. The molecule has 172 valence electrons. The van der Waals surface area contributed by atoms with Gasteiger partial charge in [0.2, 0.25) is 5.76 Å². The van der Waals surface area contributed by atoms with Gasteiger partial charge in [0.25, 0.3) is 5.91 Å². The molecule has 0 saturated heterocycles. The van der Waals surface area contributed by atoms with E-state index in [0.29, 0.717) is 41.2 Å². The maximum Gasteiger partial charge on any atom is 0.290 e. The Morgan fingerprint density at radius 3 is 2.64 bits per heavy atom. The molecule has 1 amide bonds. The first-order valence-corrected chi connectivity index (χ1v) is 11.2. The van der Waals surface area contributed by atoms with Crippen molar-refractivity contribution >= 4 is 16.9 Å². The number of hydrogen-bond acceptors (Lipinski definition) is 5. The molecular weight excluding hydrogens is 418 g/mol. The number of nitrogens with zero attached hydrogens (tertiary/aromatic N) is 1. The molecule has 1 aliphatic heterocycles. The lowest BCUT2D eigenvalue weighted by atomic mass is 9.96. The Morgan fingerprint density at radius 1 is 1.15 bits per heavy atom. The zero-order valence-corrected chi connectivity index (χ0v) is 19.6. The van der Waals surface area contributed by atoms with Crippen LogP contribution in [0.25, 0.3) is 11.0 Å². The van der Waals surface area contributed by atoms with Crippen molar-refractivity contribution in [1.29, 1.82) is 0 Å². The van der Waals surface area contributed by atoms with Crippen LogP contribution in [0.1, 0.15) is 58.6 Å². The molecule has 1 aromatic heterocycles. The van der Waals surface area contributed by atoms with Gasteiger partial charge in [-0.05, 0) is 55.2 Å². The van der Waals surface area contributed by atoms with Crippen molar-refractivity contribution in [3.63, 3.8) is 0 Å².